The lowest BCUT2D eigenvalue weighted by molar-refractivity contribution is -0.0399. The Labute approximate surface area is 301 Å². The van der Waals surface area contributed by atoms with Gasteiger partial charge in [-0.1, -0.05) is 133 Å². The van der Waals surface area contributed by atoms with Crippen LogP contribution in [-0.2, 0) is 5.41 Å². The highest BCUT2D eigenvalue weighted by atomic mass is 15.1. The highest BCUT2D eigenvalue weighted by Crippen LogP contribution is 2.69. The van der Waals surface area contributed by atoms with Gasteiger partial charge in [-0.05, 0) is 136 Å². The monoisotopic (exact) mass is 655 g/mol. The number of hydrogen-bond acceptors (Lipinski definition) is 1. The molecule has 0 heterocycles. The predicted octanol–water partition coefficient (Wildman–Crippen LogP) is 13.4. The molecule has 0 aliphatic heterocycles. The lowest BCUT2D eigenvalue weighted by Crippen LogP contribution is -2.55. The van der Waals surface area contributed by atoms with Crippen molar-refractivity contribution < 1.29 is 0 Å². The molecule has 0 N–H and O–H groups in total. The van der Waals surface area contributed by atoms with E-state index in [0.29, 0.717) is 0 Å². The molecule has 51 heavy (non-hydrogen) atoms. The highest BCUT2D eigenvalue weighted by molar-refractivity contribution is 5.98. The molecule has 0 amide bonds. The van der Waals surface area contributed by atoms with Crippen LogP contribution in [0.4, 0.5) is 17.1 Å². The van der Waals surface area contributed by atoms with Crippen LogP contribution in [0, 0.1) is 23.7 Å². The van der Waals surface area contributed by atoms with E-state index in [4.69, 9.17) is 0 Å². The molecular weight excluding hydrogens is 615 g/mol. The van der Waals surface area contributed by atoms with Crippen molar-refractivity contribution in [2.24, 2.45) is 23.7 Å². The molecule has 0 atom stereocenters. The normalized spacial score (nSPS) is 23.8. The van der Waals surface area contributed by atoms with E-state index in [2.05, 4.69) is 169 Å². The third-order valence-electron chi connectivity index (χ3n) is 13.2. The molecule has 1 heteroatoms. The summed E-state index contributed by atoms with van der Waals surface area (Å²) in [5.41, 5.74) is 14.8. The molecule has 5 aliphatic rings. The van der Waals surface area contributed by atoms with Gasteiger partial charge in [0.25, 0.3) is 0 Å². The molecule has 0 radical (unpaired) electrons. The molecule has 0 unspecified atom stereocenters. The van der Waals surface area contributed by atoms with E-state index in [1.165, 1.54) is 93.3 Å². The fourth-order valence-corrected chi connectivity index (χ4v) is 11.5. The van der Waals surface area contributed by atoms with Gasteiger partial charge in [0, 0.05) is 22.4 Å². The molecule has 4 fully saturated rings. The van der Waals surface area contributed by atoms with Gasteiger partial charge in [-0.3, -0.25) is 0 Å². The minimum absolute atomic E-state index is 0.166. The topological polar surface area (TPSA) is 3.24 Å². The molecule has 0 saturated heterocycles. The van der Waals surface area contributed by atoms with Crippen LogP contribution in [0.3, 0.4) is 0 Å². The summed E-state index contributed by atoms with van der Waals surface area (Å²) < 4.78 is 0. The van der Waals surface area contributed by atoms with E-state index >= 15 is 0 Å². The summed E-state index contributed by atoms with van der Waals surface area (Å²) in [7, 11) is 0. The van der Waals surface area contributed by atoms with Crippen LogP contribution in [0.5, 0.6) is 0 Å². The smallest absolute Gasteiger partial charge is 0.0540 e. The first kappa shape index (κ1) is 29.3. The number of benzene rings is 7. The average Bonchev–Trinajstić information content (AvgIpc) is 3.47. The van der Waals surface area contributed by atoms with Crippen molar-refractivity contribution in [2.75, 3.05) is 4.90 Å². The molecule has 7 aromatic carbocycles. The van der Waals surface area contributed by atoms with E-state index < -0.39 is 0 Å². The Morgan fingerprint density at radius 1 is 0.412 bits per heavy atom. The molecule has 1 spiro atoms. The largest absolute Gasteiger partial charge is 0.310 e. The second kappa shape index (κ2) is 11.3. The van der Waals surface area contributed by atoms with Crippen LogP contribution < -0.4 is 4.90 Å². The quantitative estimate of drug-likeness (QED) is 0.178. The summed E-state index contributed by atoms with van der Waals surface area (Å²) in [4.78, 5) is 2.52. The SMILES string of the molecule is c1ccc(-c2ccccc2N(c2cccc(-c3cccc4ccccc34)c2)c2ccc3c(c2)-c2ccccc2C32C3CC4CC(C3)CC2C4)cc1. The van der Waals surface area contributed by atoms with E-state index in [1.807, 2.05) is 0 Å². The summed E-state index contributed by atoms with van der Waals surface area (Å²) in [6.45, 7) is 0. The number of nitrogens with zero attached hydrogens (tertiary/aromatic N) is 1. The summed E-state index contributed by atoms with van der Waals surface area (Å²) >= 11 is 0. The zero-order valence-corrected chi connectivity index (χ0v) is 28.9. The Morgan fingerprint density at radius 2 is 1.02 bits per heavy atom. The number of para-hydroxylation sites is 1. The van der Waals surface area contributed by atoms with Crippen LogP contribution in [0.15, 0.2) is 164 Å². The fourth-order valence-electron chi connectivity index (χ4n) is 11.5. The lowest BCUT2D eigenvalue weighted by atomic mass is 9.43. The van der Waals surface area contributed by atoms with Gasteiger partial charge in [-0.25, -0.2) is 0 Å². The molecule has 0 aromatic heterocycles. The van der Waals surface area contributed by atoms with E-state index in [0.717, 1.165) is 23.7 Å². The Bertz CT molecular complexity index is 2420. The van der Waals surface area contributed by atoms with Gasteiger partial charge in [0.15, 0.2) is 0 Å². The van der Waals surface area contributed by atoms with Gasteiger partial charge in [0.05, 0.1) is 5.69 Å². The maximum absolute atomic E-state index is 2.56. The third-order valence-corrected chi connectivity index (χ3v) is 13.2. The molecule has 5 aliphatic carbocycles. The second-order valence-corrected chi connectivity index (χ2v) is 15.7. The van der Waals surface area contributed by atoms with E-state index in [-0.39, 0.29) is 5.41 Å². The fraction of sp³-hybridized carbons (Fsp3) is 0.200. The molecule has 12 rings (SSSR count). The van der Waals surface area contributed by atoms with Crippen molar-refractivity contribution in [1.82, 2.24) is 0 Å². The first-order valence-corrected chi connectivity index (χ1v) is 19.0. The maximum Gasteiger partial charge on any atom is 0.0540 e. The Morgan fingerprint density at radius 3 is 1.86 bits per heavy atom. The average molecular weight is 656 g/mol. The Kier molecular flexibility index (Phi) is 6.50. The van der Waals surface area contributed by atoms with Gasteiger partial charge in [-0.2, -0.15) is 0 Å². The van der Waals surface area contributed by atoms with Crippen molar-refractivity contribution in [1.29, 1.82) is 0 Å². The number of anilines is 3. The molecule has 1 nitrogen and oxygen atoms in total. The zero-order valence-electron chi connectivity index (χ0n) is 28.9. The van der Waals surface area contributed by atoms with Gasteiger partial charge in [0.1, 0.15) is 0 Å². The van der Waals surface area contributed by atoms with E-state index in [1.54, 1.807) is 11.1 Å². The first-order chi connectivity index (χ1) is 25.3. The molecule has 246 valence electrons. The standard InChI is InChI=1S/C50H41N/c1-2-12-36(13-3-1)44-19-7-9-23-49(44)51(40-17-10-16-37(31-40)43-21-11-15-35-14-4-5-18-42(35)43)41-24-25-48-46(32-41)45-20-6-8-22-47(45)50(48)38-27-33-26-34(29-38)30-39(50)28-33/h1-25,31-34,38-39H,26-30H2. The minimum atomic E-state index is 0.166. The van der Waals surface area contributed by atoms with Crippen LogP contribution in [0.1, 0.15) is 43.2 Å². The van der Waals surface area contributed by atoms with Crippen LogP contribution in [-0.4, -0.2) is 0 Å². The maximum atomic E-state index is 2.56. The van der Waals surface area contributed by atoms with Crippen LogP contribution in [0.2, 0.25) is 0 Å². The first-order valence-electron chi connectivity index (χ1n) is 19.0. The molecular formula is C50H41N. The van der Waals surface area contributed by atoms with Crippen molar-refractivity contribution in [3.05, 3.63) is 175 Å². The van der Waals surface area contributed by atoms with Gasteiger partial charge in [-0.15, -0.1) is 0 Å². The Hall–Kier alpha value is -5.40. The predicted molar refractivity (Wildman–Crippen MR) is 213 cm³/mol. The summed E-state index contributed by atoms with van der Waals surface area (Å²) in [5.74, 6) is 3.39. The molecule has 7 aromatic rings. The number of hydrogen-bond donors (Lipinski definition) is 0. The summed E-state index contributed by atoms with van der Waals surface area (Å²) in [5, 5.41) is 2.55. The van der Waals surface area contributed by atoms with Crippen molar-refractivity contribution in [3.63, 3.8) is 0 Å². The van der Waals surface area contributed by atoms with Gasteiger partial charge >= 0.3 is 0 Å². The van der Waals surface area contributed by atoms with Crippen molar-refractivity contribution in [2.45, 2.75) is 37.5 Å². The van der Waals surface area contributed by atoms with Crippen LogP contribution >= 0.6 is 0 Å². The highest BCUT2D eigenvalue weighted by Gasteiger charge is 2.61. The van der Waals surface area contributed by atoms with E-state index in [9.17, 15) is 0 Å². The number of rotatable bonds is 5. The van der Waals surface area contributed by atoms with Gasteiger partial charge in [0.2, 0.25) is 0 Å². The summed E-state index contributed by atoms with van der Waals surface area (Å²) in [6.07, 6.45) is 7.09. The minimum Gasteiger partial charge on any atom is -0.310 e. The van der Waals surface area contributed by atoms with Gasteiger partial charge < -0.3 is 4.90 Å². The van der Waals surface area contributed by atoms with Crippen molar-refractivity contribution in [3.8, 4) is 33.4 Å². The zero-order chi connectivity index (χ0) is 33.5. The third kappa shape index (κ3) is 4.34. The second-order valence-electron chi connectivity index (χ2n) is 15.7. The molecule has 4 saturated carbocycles. The van der Waals surface area contributed by atoms with Crippen LogP contribution in [0.25, 0.3) is 44.2 Å². The number of fused-ring (bicyclic) bond motifs is 4. The summed E-state index contributed by atoms with van der Waals surface area (Å²) in [6, 6.07) is 61.4. The van der Waals surface area contributed by atoms with Crippen molar-refractivity contribution >= 4 is 27.8 Å². The Balaban J connectivity index is 1.13. The lowest BCUT2D eigenvalue weighted by Gasteiger charge is -2.61. The molecule has 4 bridgehead atoms.